The van der Waals surface area contributed by atoms with Crippen LogP contribution >= 0.6 is 0 Å². The molecule has 0 saturated heterocycles. The molecular formula is C25H32N2O4. The number of carbonyl (C=O) groups is 2. The molecule has 4 rings (SSSR count). The smallest absolute Gasteiger partial charge is 0.331 e. The monoisotopic (exact) mass is 424 g/mol. The summed E-state index contributed by atoms with van der Waals surface area (Å²) in [6.07, 6.45) is 9.94. The topological polar surface area (TPSA) is 73.5 Å². The molecule has 4 unspecified atom stereocenters. The van der Waals surface area contributed by atoms with E-state index in [0.29, 0.717) is 12.5 Å². The van der Waals surface area contributed by atoms with Gasteiger partial charge in [0, 0.05) is 23.5 Å². The van der Waals surface area contributed by atoms with Gasteiger partial charge in [-0.05, 0) is 87.6 Å². The van der Waals surface area contributed by atoms with Gasteiger partial charge in [-0.1, -0.05) is 6.42 Å². The first-order valence-electron chi connectivity index (χ1n) is 11.2. The van der Waals surface area contributed by atoms with Gasteiger partial charge >= 0.3 is 5.97 Å². The Bertz CT molecular complexity index is 957. The summed E-state index contributed by atoms with van der Waals surface area (Å²) >= 11 is 0. The van der Waals surface area contributed by atoms with Gasteiger partial charge in [0.25, 0.3) is 5.91 Å². The fraction of sp³-hybridized carbons (Fsp3) is 0.520. The molecule has 6 nitrogen and oxygen atoms in total. The van der Waals surface area contributed by atoms with E-state index in [4.69, 9.17) is 9.15 Å². The molecule has 0 aliphatic heterocycles. The molecule has 0 spiro atoms. The maximum Gasteiger partial charge on any atom is 0.331 e. The molecule has 0 aromatic carbocycles. The van der Waals surface area contributed by atoms with Gasteiger partial charge in [-0.15, -0.1) is 0 Å². The van der Waals surface area contributed by atoms with E-state index in [1.165, 1.54) is 31.8 Å². The van der Waals surface area contributed by atoms with Crippen molar-refractivity contribution in [2.45, 2.75) is 59.0 Å². The SMILES string of the molecule is Cc1cc(/C=C/C(=O)OCC(=O)NC(C)C2CC3CCC2C3)c(C)n1Cc1ccco1. The highest BCUT2D eigenvalue weighted by atomic mass is 16.5. The number of amides is 1. The van der Waals surface area contributed by atoms with Crippen LogP contribution in [0.1, 0.15) is 55.3 Å². The van der Waals surface area contributed by atoms with E-state index < -0.39 is 5.97 Å². The summed E-state index contributed by atoms with van der Waals surface area (Å²) in [5, 5.41) is 3.02. The van der Waals surface area contributed by atoms with Crippen LogP contribution in [0.3, 0.4) is 0 Å². The second kappa shape index (κ2) is 9.16. The number of hydrogen-bond acceptors (Lipinski definition) is 4. The molecule has 4 atom stereocenters. The Morgan fingerprint density at radius 1 is 1.32 bits per heavy atom. The molecule has 2 fully saturated rings. The molecule has 2 aromatic rings. The lowest BCUT2D eigenvalue weighted by atomic mass is 9.84. The fourth-order valence-corrected chi connectivity index (χ4v) is 5.45. The molecule has 1 N–H and O–H groups in total. The van der Waals surface area contributed by atoms with E-state index in [1.54, 1.807) is 12.3 Å². The summed E-state index contributed by atoms with van der Waals surface area (Å²) in [5.41, 5.74) is 3.06. The maximum atomic E-state index is 12.2. The minimum atomic E-state index is -0.515. The molecule has 2 heterocycles. The summed E-state index contributed by atoms with van der Waals surface area (Å²) in [6, 6.07) is 5.96. The molecule has 166 valence electrons. The summed E-state index contributed by atoms with van der Waals surface area (Å²) in [5.74, 6) is 2.29. The number of carbonyl (C=O) groups excluding carboxylic acids is 2. The molecule has 2 aliphatic rings. The minimum Gasteiger partial charge on any atom is -0.467 e. The molecule has 0 radical (unpaired) electrons. The predicted molar refractivity (Wildman–Crippen MR) is 118 cm³/mol. The molecular weight excluding hydrogens is 392 g/mol. The molecule has 31 heavy (non-hydrogen) atoms. The number of fused-ring (bicyclic) bond motifs is 2. The van der Waals surface area contributed by atoms with Gasteiger partial charge in [-0.25, -0.2) is 4.79 Å². The van der Waals surface area contributed by atoms with Crippen LogP contribution in [0.25, 0.3) is 6.08 Å². The van der Waals surface area contributed by atoms with Crippen LogP contribution in [-0.4, -0.2) is 29.1 Å². The van der Waals surface area contributed by atoms with Crippen molar-refractivity contribution in [3.63, 3.8) is 0 Å². The van der Waals surface area contributed by atoms with Crippen LogP contribution in [0.4, 0.5) is 0 Å². The highest BCUT2D eigenvalue weighted by Crippen LogP contribution is 2.49. The quantitative estimate of drug-likeness (QED) is 0.508. The second-order valence-electron chi connectivity index (χ2n) is 9.13. The highest BCUT2D eigenvalue weighted by Gasteiger charge is 2.42. The zero-order valence-corrected chi connectivity index (χ0v) is 18.6. The summed E-state index contributed by atoms with van der Waals surface area (Å²) in [4.78, 5) is 24.3. The lowest BCUT2D eigenvalue weighted by Crippen LogP contribution is -2.41. The number of hydrogen-bond donors (Lipinski definition) is 1. The fourth-order valence-electron chi connectivity index (χ4n) is 5.45. The molecule has 2 saturated carbocycles. The Labute approximate surface area is 183 Å². The van der Waals surface area contributed by atoms with E-state index in [-0.39, 0.29) is 18.6 Å². The Morgan fingerprint density at radius 2 is 2.16 bits per heavy atom. The summed E-state index contributed by atoms with van der Waals surface area (Å²) < 4.78 is 12.7. The van der Waals surface area contributed by atoms with Crippen molar-refractivity contribution in [1.29, 1.82) is 0 Å². The average Bonchev–Trinajstić information content (AvgIpc) is 3.53. The number of nitrogens with zero attached hydrogens (tertiary/aromatic N) is 1. The molecule has 2 aromatic heterocycles. The first kappa shape index (κ1) is 21.5. The van der Waals surface area contributed by atoms with Gasteiger partial charge in [-0.2, -0.15) is 0 Å². The largest absolute Gasteiger partial charge is 0.467 e. The van der Waals surface area contributed by atoms with Crippen LogP contribution < -0.4 is 5.32 Å². The van der Waals surface area contributed by atoms with Gasteiger partial charge in [0.15, 0.2) is 6.61 Å². The number of nitrogens with one attached hydrogen (secondary N) is 1. The number of furan rings is 1. The summed E-state index contributed by atoms with van der Waals surface area (Å²) in [6.45, 7) is 6.50. The third-order valence-corrected chi connectivity index (χ3v) is 7.08. The van der Waals surface area contributed by atoms with Gasteiger partial charge in [0.2, 0.25) is 0 Å². The van der Waals surface area contributed by atoms with Gasteiger partial charge in [-0.3, -0.25) is 4.79 Å². The number of esters is 1. The minimum absolute atomic E-state index is 0.136. The normalized spacial score (nSPS) is 23.4. The standard InChI is InChI=1S/C25H32N2O4/c1-16-11-20(18(3)27(16)14-22-5-4-10-30-22)8-9-25(29)31-15-24(28)26-17(2)23-13-19-6-7-21(23)12-19/h4-5,8-11,17,19,21,23H,6-7,12-15H2,1-3H3,(H,26,28)/b9-8+. The van der Waals surface area contributed by atoms with Gasteiger partial charge < -0.3 is 19.0 Å². The number of rotatable bonds is 8. The van der Waals surface area contributed by atoms with Crippen LogP contribution in [0, 0.1) is 31.6 Å². The first-order chi connectivity index (χ1) is 14.9. The average molecular weight is 425 g/mol. The van der Waals surface area contributed by atoms with Crippen molar-refractivity contribution in [1.82, 2.24) is 9.88 Å². The van der Waals surface area contributed by atoms with Crippen molar-refractivity contribution in [2.75, 3.05) is 6.61 Å². The Kier molecular flexibility index (Phi) is 6.35. The number of aromatic nitrogens is 1. The Morgan fingerprint density at radius 3 is 2.84 bits per heavy atom. The Balaban J connectivity index is 1.25. The first-order valence-corrected chi connectivity index (χ1v) is 11.2. The predicted octanol–water partition coefficient (Wildman–Crippen LogP) is 4.24. The highest BCUT2D eigenvalue weighted by molar-refractivity contribution is 5.89. The van der Waals surface area contributed by atoms with Crippen molar-refractivity contribution in [3.05, 3.63) is 53.2 Å². The third kappa shape index (κ3) is 4.94. The van der Waals surface area contributed by atoms with E-state index >= 15 is 0 Å². The van der Waals surface area contributed by atoms with E-state index in [1.807, 2.05) is 32.0 Å². The number of ether oxygens (including phenoxy) is 1. The van der Waals surface area contributed by atoms with Crippen LogP contribution in [0.5, 0.6) is 0 Å². The second-order valence-corrected chi connectivity index (χ2v) is 9.13. The van der Waals surface area contributed by atoms with Crippen LogP contribution in [-0.2, 0) is 20.9 Å². The van der Waals surface area contributed by atoms with Crippen LogP contribution in [0.15, 0.2) is 35.0 Å². The molecule has 1 amide bonds. The third-order valence-electron chi connectivity index (χ3n) is 7.08. The van der Waals surface area contributed by atoms with Crippen LogP contribution in [0.2, 0.25) is 0 Å². The zero-order valence-electron chi connectivity index (χ0n) is 18.6. The van der Waals surface area contributed by atoms with E-state index in [9.17, 15) is 9.59 Å². The van der Waals surface area contributed by atoms with E-state index in [0.717, 1.165) is 34.5 Å². The van der Waals surface area contributed by atoms with Gasteiger partial charge in [0.1, 0.15) is 5.76 Å². The summed E-state index contributed by atoms with van der Waals surface area (Å²) in [7, 11) is 0. The maximum absolute atomic E-state index is 12.2. The molecule has 6 heteroatoms. The van der Waals surface area contributed by atoms with Crippen molar-refractivity contribution in [2.24, 2.45) is 17.8 Å². The molecule has 2 aliphatic carbocycles. The van der Waals surface area contributed by atoms with Crippen molar-refractivity contribution < 1.29 is 18.7 Å². The lowest BCUT2D eigenvalue weighted by Gasteiger charge is -2.28. The lowest BCUT2D eigenvalue weighted by molar-refractivity contribution is -0.144. The van der Waals surface area contributed by atoms with Gasteiger partial charge in [0.05, 0.1) is 12.8 Å². The van der Waals surface area contributed by atoms with Crippen molar-refractivity contribution >= 4 is 18.0 Å². The van der Waals surface area contributed by atoms with E-state index in [2.05, 4.69) is 16.8 Å². The molecule has 2 bridgehead atoms. The Hall–Kier alpha value is -2.76. The van der Waals surface area contributed by atoms with Crippen molar-refractivity contribution in [3.8, 4) is 0 Å². The zero-order chi connectivity index (χ0) is 22.0. The number of aryl methyl sites for hydroxylation is 1.